The molecule has 0 aliphatic carbocycles. The molecule has 1 unspecified atom stereocenters. The Morgan fingerprint density at radius 3 is 2.37 bits per heavy atom. The summed E-state index contributed by atoms with van der Waals surface area (Å²) in [6.45, 7) is 3.48. The largest absolute Gasteiger partial charge is 0.377 e. The molecular weight excluding hydrogens is 356 g/mol. The average molecular weight is 392 g/mol. The summed E-state index contributed by atoms with van der Waals surface area (Å²) in [5.41, 5.74) is 6.73. The van der Waals surface area contributed by atoms with Gasteiger partial charge in [0.1, 0.15) is 0 Å². The molecule has 0 saturated carbocycles. The van der Waals surface area contributed by atoms with Gasteiger partial charge in [0.05, 0.1) is 41.8 Å². The third-order valence-corrected chi connectivity index (χ3v) is 6.68. The van der Waals surface area contributed by atoms with E-state index in [-0.39, 0.29) is 0 Å². The van der Waals surface area contributed by atoms with Gasteiger partial charge in [-0.05, 0) is 24.5 Å². The maximum Gasteiger partial charge on any atom is 0.0795 e. The smallest absolute Gasteiger partial charge is 0.0795 e. The number of hydrogen-bond donors (Lipinski definition) is 2. The van der Waals surface area contributed by atoms with E-state index in [4.69, 9.17) is 5.73 Å². The van der Waals surface area contributed by atoms with Gasteiger partial charge in [0.25, 0.3) is 0 Å². The van der Waals surface area contributed by atoms with Gasteiger partial charge < -0.3 is 15.1 Å². The number of nitrogens with zero attached hydrogens (tertiary/aromatic N) is 2. The fourth-order valence-corrected chi connectivity index (χ4v) is 4.86. The predicted molar refractivity (Wildman–Crippen MR) is 120 cm³/mol. The Balaban J connectivity index is 2.12. The van der Waals surface area contributed by atoms with Gasteiger partial charge in [-0.1, -0.05) is 24.3 Å². The highest BCUT2D eigenvalue weighted by Gasteiger charge is 2.16. The van der Waals surface area contributed by atoms with Crippen LogP contribution < -0.4 is 15.4 Å². The number of rotatable bonds is 10. The van der Waals surface area contributed by atoms with Crippen molar-refractivity contribution in [2.24, 2.45) is 5.73 Å². The van der Waals surface area contributed by atoms with Crippen molar-refractivity contribution in [1.82, 2.24) is 4.72 Å². The Kier molecular flexibility index (Phi) is 7.28. The van der Waals surface area contributed by atoms with Crippen LogP contribution in [0.3, 0.4) is 0 Å². The van der Waals surface area contributed by atoms with Gasteiger partial charge in [0, 0.05) is 49.9 Å². The number of quaternary nitrogens is 1. The molecule has 150 valence electrons. The first-order valence-corrected chi connectivity index (χ1v) is 11.2. The molecule has 2 rings (SSSR count). The van der Waals surface area contributed by atoms with Crippen molar-refractivity contribution in [2.75, 3.05) is 59.3 Å². The van der Waals surface area contributed by atoms with E-state index in [1.54, 1.807) is 0 Å². The van der Waals surface area contributed by atoms with Gasteiger partial charge in [-0.25, -0.2) is 8.93 Å². The number of nitrogens with two attached hydrogens (primary N) is 1. The molecule has 0 aliphatic heterocycles. The molecule has 0 amide bonds. The molecule has 0 saturated heterocycles. The zero-order valence-electron chi connectivity index (χ0n) is 17.2. The van der Waals surface area contributed by atoms with Crippen molar-refractivity contribution in [3.63, 3.8) is 0 Å². The maximum absolute atomic E-state index is 13.3. The summed E-state index contributed by atoms with van der Waals surface area (Å²) in [5.74, 6) is 4.03. The van der Waals surface area contributed by atoms with Crippen LogP contribution in [0.15, 0.2) is 41.3 Å². The molecule has 0 heterocycles. The summed E-state index contributed by atoms with van der Waals surface area (Å²) >= 11 is 0. The summed E-state index contributed by atoms with van der Waals surface area (Å²) in [4.78, 5) is 2.85. The summed E-state index contributed by atoms with van der Waals surface area (Å²) in [6, 6.07) is 12.1. The fraction of sp³-hybridized carbons (Fsp3) is 0.476. The lowest BCUT2D eigenvalue weighted by Gasteiger charge is -2.29. The van der Waals surface area contributed by atoms with E-state index >= 15 is 0 Å². The van der Waals surface area contributed by atoms with Crippen LogP contribution in [0.2, 0.25) is 0 Å². The van der Waals surface area contributed by atoms with Crippen LogP contribution in [0.5, 0.6) is 0 Å². The SMILES string of the molecule is C=S(=O)(NCCC[N+](C)(C)CCCN)c1cccc2c(N(C)C)cccc12. The Morgan fingerprint density at radius 2 is 1.70 bits per heavy atom. The van der Waals surface area contributed by atoms with Crippen molar-refractivity contribution in [1.29, 1.82) is 0 Å². The monoisotopic (exact) mass is 391 g/mol. The van der Waals surface area contributed by atoms with E-state index in [1.165, 1.54) is 0 Å². The number of nitrogens with one attached hydrogen (secondary N) is 1. The minimum absolute atomic E-state index is 0.677. The van der Waals surface area contributed by atoms with Crippen LogP contribution in [-0.4, -0.2) is 68.9 Å². The van der Waals surface area contributed by atoms with Crippen molar-refractivity contribution in [2.45, 2.75) is 17.7 Å². The zero-order chi connectivity index (χ0) is 20.1. The average Bonchev–Trinajstić information content (AvgIpc) is 2.62. The van der Waals surface area contributed by atoms with Crippen LogP contribution in [0.1, 0.15) is 12.8 Å². The van der Waals surface area contributed by atoms with Crippen molar-refractivity contribution in [3.8, 4) is 0 Å². The van der Waals surface area contributed by atoms with Gasteiger partial charge in [0.15, 0.2) is 0 Å². The van der Waals surface area contributed by atoms with E-state index in [0.717, 1.165) is 58.3 Å². The first-order chi connectivity index (χ1) is 12.7. The van der Waals surface area contributed by atoms with Crippen molar-refractivity contribution < 1.29 is 8.69 Å². The number of hydrogen-bond acceptors (Lipinski definition) is 3. The Bertz CT molecular complexity index is 860. The molecule has 1 atom stereocenters. The van der Waals surface area contributed by atoms with E-state index in [0.29, 0.717) is 6.54 Å². The summed E-state index contributed by atoms with van der Waals surface area (Å²) < 4.78 is 17.5. The first-order valence-electron chi connectivity index (χ1n) is 9.51. The number of benzene rings is 2. The molecule has 0 radical (unpaired) electrons. The molecule has 2 aromatic carbocycles. The second kappa shape index (κ2) is 9.06. The summed E-state index contributed by atoms with van der Waals surface area (Å²) in [7, 11) is 5.91. The Morgan fingerprint density at radius 1 is 1.07 bits per heavy atom. The molecule has 0 aromatic heterocycles. The summed E-state index contributed by atoms with van der Waals surface area (Å²) in [5, 5.41) is 2.09. The topological polar surface area (TPSA) is 58.4 Å². The summed E-state index contributed by atoms with van der Waals surface area (Å²) in [6.07, 6.45) is 1.97. The quantitative estimate of drug-likeness (QED) is 0.371. The minimum Gasteiger partial charge on any atom is -0.377 e. The second-order valence-corrected chi connectivity index (χ2v) is 10.1. The van der Waals surface area contributed by atoms with Crippen LogP contribution in [0, 0.1) is 0 Å². The van der Waals surface area contributed by atoms with Crippen LogP contribution >= 0.6 is 0 Å². The normalized spacial score (nSPS) is 14.3. The fourth-order valence-electron chi connectivity index (χ4n) is 3.40. The van der Waals surface area contributed by atoms with Gasteiger partial charge in [-0.15, -0.1) is 0 Å². The molecule has 0 bridgehead atoms. The lowest BCUT2D eigenvalue weighted by Crippen LogP contribution is -2.43. The molecule has 5 nitrogen and oxygen atoms in total. The predicted octanol–water partition coefficient (Wildman–Crippen LogP) is 2.30. The van der Waals surface area contributed by atoms with Gasteiger partial charge in [-0.2, -0.15) is 0 Å². The Hall–Kier alpha value is -1.60. The molecular formula is C21H35N4OS+. The third kappa shape index (κ3) is 5.69. The van der Waals surface area contributed by atoms with Crippen LogP contribution in [0.4, 0.5) is 5.69 Å². The van der Waals surface area contributed by atoms with Gasteiger partial charge in [-0.3, -0.25) is 0 Å². The number of fused-ring (bicyclic) bond motifs is 1. The molecule has 3 N–H and O–H groups in total. The lowest BCUT2D eigenvalue weighted by atomic mass is 10.1. The number of anilines is 1. The second-order valence-electron chi connectivity index (χ2n) is 7.97. The van der Waals surface area contributed by atoms with Crippen molar-refractivity contribution in [3.05, 3.63) is 36.4 Å². The molecule has 0 spiro atoms. The lowest BCUT2D eigenvalue weighted by molar-refractivity contribution is -0.890. The van der Waals surface area contributed by atoms with Gasteiger partial charge in [0.2, 0.25) is 0 Å². The van der Waals surface area contributed by atoms with E-state index in [2.05, 4.69) is 41.7 Å². The van der Waals surface area contributed by atoms with Crippen LogP contribution in [-0.2, 0) is 9.71 Å². The highest BCUT2D eigenvalue weighted by atomic mass is 32.2. The van der Waals surface area contributed by atoms with Crippen molar-refractivity contribution >= 4 is 32.0 Å². The molecule has 2 aromatic rings. The third-order valence-electron chi connectivity index (χ3n) is 4.94. The van der Waals surface area contributed by atoms with Crippen LogP contribution in [0.25, 0.3) is 10.8 Å². The highest BCUT2D eigenvalue weighted by molar-refractivity contribution is 7.98. The Labute approximate surface area is 164 Å². The van der Waals surface area contributed by atoms with E-state index in [1.807, 2.05) is 38.4 Å². The standard InChI is InChI=1S/C21H35N4OS/c1-24(2)20-12-6-11-19-18(20)10-7-13-21(19)27(5,26)23-15-9-17-25(3,4)16-8-14-22/h6-7,10-13H,5,8-9,14-17,22H2,1-4H3,(H,23,26)/q+1. The highest BCUT2D eigenvalue weighted by Crippen LogP contribution is 2.30. The molecule has 0 aliphatic rings. The first kappa shape index (κ1) is 21.7. The maximum atomic E-state index is 13.3. The minimum atomic E-state index is -2.56. The van der Waals surface area contributed by atoms with E-state index < -0.39 is 9.71 Å². The molecule has 6 heteroatoms. The van der Waals surface area contributed by atoms with E-state index in [9.17, 15) is 4.21 Å². The zero-order valence-corrected chi connectivity index (χ0v) is 18.0. The molecule has 27 heavy (non-hydrogen) atoms. The van der Waals surface area contributed by atoms with Gasteiger partial charge >= 0.3 is 0 Å². The molecule has 0 fully saturated rings.